The molecule has 2 aromatic carbocycles. The average molecular weight is 386 g/mol. The van der Waals surface area contributed by atoms with Crippen LogP contribution in [0, 0.1) is 0 Å². The molecule has 0 saturated carbocycles. The van der Waals surface area contributed by atoms with Crippen LogP contribution in [0.1, 0.15) is 10.6 Å². The van der Waals surface area contributed by atoms with E-state index in [0.29, 0.717) is 22.0 Å². The van der Waals surface area contributed by atoms with E-state index >= 15 is 0 Å². The summed E-state index contributed by atoms with van der Waals surface area (Å²) < 4.78 is 29.6. The van der Waals surface area contributed by atoms with Gasteiger partial charge in [-0.2, -0.15) is 0 Å². The second kappa shape index (κ2) is 6.22. The zero-order valence-electron chi connectivity index (χ0n) is 13.7. The zero-order valence-corrected chi connectivity index (χ0v) is 15.4. The topological polar surface area (TPSA) is 89.3 Å². The van der Waals surface area contributed by atoms with Crippen molar-refractivity contribution in [1.82, 2.24) is 4.98 Å². The van der Waals surface area contributed by atoms with E-state index in [1.54, 1.807) is 18.2 Å². The maximum absolute atomic E-state index is 12.3. The molecule has 0 saturated heterocycles. The Balaban J connectivity index is 1.52. The smallest absolute Gasteiger partial charge is 0.217 e. The lowest BCUT2D eigenvalue weighted by molar-refractivity contribution is 0.0982. The Morgan fingerprint density at radius 2 is 2.00 bits per heavy atom. The van der Waals surface area contributed by atoms with Gasteiger partial charge in [0.1, 0.15) is 5.58 Å². The Kier molecular flexibility index (Phi) is 4.01. The molecule has 0 spiro atoms. The van der Waals surface area contributed by atoms with Crippen molar-refractivity contribution in [1.29, 1.82) is 0 Å². The zero-order chi connectivity index (χ0) is 18.3. The standard InChI is InChI=1S/C18H14N2O4S2/c1-26(22,23)12-6-7-13-17(9-12)25-18(20-13)19-10-14(21)16-8-11-4-2-3-5-15(11)24-16/h2-9H,10H2,1H3,(H,19,20). The number of nitrogens with one attached hydrogen (secondary N) is 1. The van der Waals surface area contributed by atoms with Gasteiger partial charge in [0.05, 0.1) is 21.7 Å². The summed E-state index contributed by atoms with van der Waals surface area (Å²) in [4.78, 5) is 17.0. The molecule has 0 unspecified atom stereocenters. The number of hydrogen-bond donors (Lipinski definition) is 1. The van der Waals surface area contributed by atoms with E-state index < -0.39 is 9.84 Å². The van der Waals surface area contributed by atoms with E-state index in [1.165, 1.54) is 23.7 Å². The quantitative estimate of drug-likeness (QED) is 0.526. The highest BCUT2D eigenvalue weighted by Crippen LogP contribution is 2.28. The molecule has 4 rings (SSSR count). The molecule has 0 aliphatic heterocycles. The fourth-order valence-corrected chi connectivity index (χ4v) is 4.20. The maximum atomic E-state index is 12.3. The number of thiazole rings is 1. The van der Waals surface area contributed by atoms with E-state index in [2.05, 4.69) is 10.3 Å². The molecular weight excluding hydrogens is 372 g/mol. The number of carbonyl (C=O) groups excluding carboxylic acids is 1. The van der Waals surface area contributed by atoms with Crippen LogP contribution in [-0.2, 0) is 9.84 Å². The summed E-state index contributed by atoms with van der Waals surface area (Å²) in [5.41, 5.74) is 1.35. The van der Waals surface area contributed by atoms with Gasteiger partial charge in [0.2, 0.25) is 5.78 Å². The molecule has 8 heteroatoms. The van der Waals surface area contributed by atoms with Gasteiger partial charge in [-0.1, -0.05) is 29.5 Å². The lowest BCUT2D eigenvalue weighted by atomic mass is 10.2. The van der Waals surface area contributed by atoms with Gasteiger partial charge in [0, 0.05) is 11.6 Å². The number of benzene rings is 2. The first kappa shape index (κ1) is 16.7. The Morgan fingerprint density at radius 3 is 2.77 bits per heavy atom. The van der Waals surface area contributed by atoms with E-state index in [-0.39, 0.29) is 17.2 Å². The van der Waals surface area contributed by atoms with Crippen LogP contribution in [0.15, 0.2) is 57.8 Å². The number of nitrogens with zero attached hydrogens (tertiary/aromatic N) is 1. The molecule has 0 atom stereocenters. The second-order valence-electron chi connectivity index (χ2n) is 5.85. The number of carbonyl (C=O) groups is 1. The van der Waals surface area contributed by atoms with Crippen LogP contribution in [0.4, 0.5) is 5.13 Å². The molecule has 132 valence electrons. The number of para-hydroxylation sites is 1. The molecule has 4 aromatic rings. The molecule has 2 heterocycles. The van der Waals surface area contributed by atoms with Crippen molar-refractivity contribution in [3.8, 4) is 0 Å². The Hall–Kier alpha value is -2.71. The number of aromatic nitrogens is 1. The number of ketones is 1. The summed E-state index contributed by atoms with van der Waals surface area (Å²) in [5.74, 6) is 0.108. The number of fused-ring (bicyclic) bond motifs is 2. The van der Waals surface area contributed by atoms with Crippen LogP contribution in [0.2, 0.25) is 0 Å². The predicted octanol–water partition coefficient (Wildman–Crippen LogP) is 3.74. The SMILES string of the molecule is CS(=O)(=O)c1ccc2nc(NCC(=O)c3cc4ccccc4o3)sc2c1. The predicted molar refractivity (Wildman–Crippen MR) is 102 cm³/mol. The molecule has 1 N–H and O–H groups in total. The lowest BCUT2D eigenvalue weighted by Gasteiger charge is -1.98. The molecule has 0 aliphatic rings. The van der Waals surface area contributed by atoms with E-state index in [1.807, 2.05) is 24.3 Å². The summed E-state index contributed by atoms with van der Waals surface area (Å²) in [6.45, 7) is 0.0403. The van der Waals surface area contributed by atoms with Crippen LogP contribution in [-0.4, -0.2) is 32.0 Å². The van der Waals surface area contributed by atoms with Crippen molar-refractivity contribution < 1.29 is 17.6 Å². The van der Waals surface area contributed by atoms with Gasteiger partial charge >= 0.3 is 0 Å². The lowest BCUT2D eigenvalue weighted by Crippen LogP contribution is -2.12. The van der Waals surface area contributed by atoms with Crippen molar-refractivity contribution in [2.45, 2.75) is 4.90 Å². The number of rotatable bonds is 5. The summed E-state index contributed by atoms with van der Waals surface area (Å²) in [5, 5.41) is 4.41. The summed E-state index contributed by atoms with van der Waals surface area (Å²) in [6, 6.07) is 13.9. The first-order valence-electron chi connectivity index (χ1n) is 7.76. The number of hydrogen-bond acceptors (Lipinski definition) is 7. The summed E-state index contributed by atoms with van der Waals surface area (Å²) in [7, 11) is -3.27. The van der Waals surface area contributed by atoms with E-state index in [9.17, 15) is 13.2 Å². The van der Waals surface area contributed by atoms with Gasteiger partial charge in [-0.3, -0.25) is 4.79 Å². The highest BCUT2D eigenvalue weighted by Gasteiger charge is 2.14. The van der Waals surface area contributed by atoms with Gasteiger partial charge in [-0.15, -0.1) is 0 Å². The fraction of sp³-hybridized carbons (Fsp3) is 0.111. The Bertz CT molecular complexity index is 1210. The first-order valence-corrected chi connectivity index (χ1v) is 10.5. The second-order valence-corrected chi connectivity index (χ2v) is 8.89. The largest absolute Gasteiger partial charge is 0.453 e. The van der Waals surface area contributed by atoms with Gasteiger partial charge in [-0.25, -0.2) is 13.4 Å². The normalized spacial score (nSPS) is 11.9. The van der Waals surface area contributed by atoms with Crippen molar-refractivity contribution in [3.05, 3.63) is 54.3 Å². The Morgan fingerprint density at radius 1 is 1.19 bits per heavy atom. The molecular formula is C18H14N2O4S2. The third-order valence-electron chi connectivity index (χ3n) is 3.89. The first-order chi connectivity index (χ1) is 12.4. The molecule has 0 aliphatic carbocycles. The van der Waals surface area contributed by atoms with Gasteiger partial charge in [-0.05, 0) is 30.3 Å². The molecule has 0 amide bonds. The van der Waals surface area contributed by atoms with Crippen LogP contribution in [0.5, 0.6) is 0 Å². The van der Waals surface area contributed by atoms with Crippen molar-refractivity contribution in [2.24, 2.45) is 0 Å². The van der Waals surface area contributed by atoms with Crippen LogP contribution in [0.3, 0.4) is 0 Å². The summed E-state index contributed by atoms with van der Waals surface area (Å²) in [6.07, 6.45) is 1.17. The minimum atomic E-state index is -3.27. The molecule has 0 bridgehead atoms. The highest BCUT2D eigenvalue weighted by molar-refractivity contribution is 7.90. The fourth-order valence-electron chi connectivity index (χ4n) is 2.57. The monoisotopic (exact) mass is 386 g/mol. The molecule has 2 aromatic heterocycles. The minimum absolute atomic E-state index is 0.0403. The van der Waals surface area contributed by atoms with Gasteiger partial charge in [0.15, 0.2) is 20.7 Å². The summed E-state index contributed by atoms with van der Waals surface area (Å²) >= 11 is 1.30. The highest BCUT2D eigenvalue weighted by atomic mass is 32.2. The van der Waals surface area contributed by atoms with Crippen LogP contribution in [0.25, 0.3) is 21.2 Å². The third kappa shape index (κ3) is 3.21. The van der Waals surface area contributed by atoms with Crippen molar-refractivity contribution in [2.75, 3.05) is 18.1 Å². The molecule has 6 nitrogen and oxygen atoms in total. The van der Waals surface area contributed by atoms with Crippen LogP contribution >= 0.6 is 11.3 Å². The molecule has 0 radical (unpaired) electrons. The Labute approximate surface area is 153 Å². The van der Waals surface area contributed by atoms with Gasteiger partial charge in [0.25, 0.3) is 0 Å². The van der Waals surface area contributed by atoms with Crippen LogP contribution < -0.4 is 5.32 Å². The third-order valence-corrected chi connectivity index (χ3v) is 5.97. The van der Waals surface area contributed by atoms with Crippen molar-refractivity contribution in [3.63, 3.8) is 0 Å². The van der Waals surface area contributed by atoms with Crippen molar-refractivity contribution >= 4 is 53.3 Å². The van der Waals surface area contributed by atoms with E-state index in [4.69, 9.17) is 4.42 Å². The molecule has 26 heavy (non-hydrogen) atoms. The van der Waals surface area contributed by atoms with E-state index in [0.717, 1.165) is 10.1 Å². The average Bonchev–Trinajstić information content (AvgIpc) is 3.21. The number of Topliss-reactive ketones (excluding diaryl/α,β-unsaturated/α-hetero) is 1. The minimum Gasteiger partial charge on any atom is -0.453 e. The number of furan rings is 1. The maximum Gasteiger partial charge on any atom is 0.217 e. The molecule has 0 fully saturated rings. The number of sulfone groups is 1. The number of anilines is 1. The van der Waals surface area contributed by atoms with Gasteiger partial charge < -0.3 is 9.73 Å².